The lowest BCUT2D eigenvalue weighted by Gasteiger charge is -2.11. The minimum absolute atomic E-state index is 0.0131. The van der Waals surface area contributed by atoms with Crippen LogP contribution in [-0.2, 0) is 6.54 Å². The number of hydrogen-bond donors (Lipinski definition) is 2. The third-order valence-corrected chi connectivity index (χ3v) is 5.29. The molecule has 19 heavy (non-hydrogen) atoms. The summed E-state index contributed by atoms with van der Waals surface area (Å²) in [5.74, 6) is 2.10. The van der Waals surface area contributed by atoms with Crippen LogP contribution in [0.25, 0.3) is 0 Å². The lowest BCUT2D eigenvalue weighted by molar-refractivity contribution is 0.531. The van der Waals surface area contributed by atoms with Crippen molar-refractivity contribution in [3.05, 3.63) is 21.0 Å². The molecule has 102 valence electrons. The van der Waals surface area contributed by atoms with Gasteiger partial charge in [0.25, 0.3) is 5.56 Å². The van der Waals surface area contributed by atoms with Crippen LogP contribution in [0.5, 0.6) is 0 Å². The highest BCUT2D eigenvalue weighted by Gasteiger charge is 2.53. The Morgan fingerprint density at radius 2 is 2.16 bits per heavy atom. The zero-order valence-electron chi connectivity index (χ0n) is 10.6. The summed E-state index contributed by atoms with van der Waals surface area (Å²) in [6.45, 7) is 2.94. The molecule has 0 amide bonds. The molecule has 0 radical (unpaired) electrons. The summed E-state index contributed by atoms with van der Waals surface area (Å²) in [5.41, 5.74) is 0.831. The van der Waals surface area contributed by atoms with Crippen LogP contribution in [0.3, 0.4) is 0 Å². The van der Waals surface area contributed by atoms with Crippen LogP contribution < -0.4 is 16.2 Å². The van der Waals surface area contributed by atoms with E-state index in [1.54, 1.807) is 10.9 Å². The average molecular weight is 325 g/mol. The molecule has 5 nitrogen and oxygen atoms in total. The van der Waals surface area contributed by atoms with Crippen molar-refractivity contribution < 1.29 is 0 Å². The fraction of sp³-hybridized carbons (Fsp3) is 0.692. The second-order valence-electron chi connectivity index (χ2n) is 5.96. The van der Waals surface area contributed by atoms with Gasteiger partial charge in [-0.05, 0) is 46.5 Å². The molecule has 3 aliphatic rings. The largest absolute Gasteiger partial charge is 0.379 e. The van der Waals surface area contributed by atoms with Crippen molar-refractivity contribution in [2.45, 2.75) is 25.4 Å². The van der Waals surface area contributed by atoms with Gasteiger partial charge in [0.2, 0.25) is 0 Å². The summed E-state index contributed by atoms with van der Waals surface area (Å²) in [6.07, 6.45) is 4.24. The molecule has 4 rings (SSSR count). The number of piperidine rings is 1. The van der Waals surface area contributed by atoms with E-state index in [9.17, 15) is 4.79 Å². The Kier molecular flexibility index (Phi) is 2.70. The molecule has 2 aliphatic carbocycles. The second kappa shape index (κ2) is 4.31. The van der Waals surface area contributed by atoms with Gasteiger partial charge in [0.1, 0.15) is 4.47 Å². The first-order valence-electron chi connectivity index (χ1n) is 6.97. The summed E-state index contributed by atoms with van der Waals surface area (Å²) in [5, 5.41) is 11.1. The van der Waals surface area contributed by atoms with E-state index in [-0.39, 0.29) is 5.56 Å². The zero-order chi connectivity index (χ0) is 13.0. The third-order valence-electron chi connectivity index (χ3n) is 4.53. The van der Waals surface area contributed by atoms with Gasteiger partial charge in [0.05, 0.1) is 11.9 Å². The molecule has 2 heterocycles. The van der Waals surface area contributed by atoms with Crippen LogP contribution in [-0.4, -0.2) is 28.9 Å². The summed E-state index contributed by atoms with van der Waals surface area (Å²) in [4.78, 5) is 12.2. The molecule has 0 spiro atoms. The molecule has 2 unspecified atom stereocenters. The van der Waals surface area contributed by atoms with Crippen LogP contribution in [0.4, 0.5) is 5.69 Å². The maximum absolute atomic E-state index is 12.2. The van der Waals surface area contributed by atoms with Gasteiger partial charge in [0, 0.05) is 25.7 Å². The molecule has 0 bridgehead atoms. The Bertz CT molecular complexity index is 558. The van der Waals surface area contributed by atoms with Crippen LogP contribution in [0.2, 0.25) is 0 Å². The molecule has 2 N–H and O–H groups in total. The molecular weight excluding hydrogens is 308 g/mol. The van der Waals surface area contributed by atoms with Crippen molar-refractivity contribution in [1.29, 1.82) is 0 Å². The fourth-order valence-corrected chi connectivity index (χ4v) is 3.47. The van der Waals surface area contributed by atoms with E-state index in [0.717, 1.165) is 37.2 Å². The normalized spacial score (nSPS) is 32.2. The molecule has 1 aromatic rings. The molecule has 3 fully saturated rings. The maximum atomic E-state index is 12.2. The summed E-state index contributed by atoms with van der Waals surface area (Å²) >= 11 is 3.43. The number of fused-ring (bicyclic) bond motifs is 1. The number of aromatic nitrogens is 2. The quantitative estimate of drug-likeness (QED) is 0.869. The molecule has 2 saturated carbocycles. The Morgan fingerprint density at radius 1 is 1.42 bits per heavy atom. The minimum atomic E-state index is -0.0131. The number of nitrogens with one attached hydrogen (secondary N) is 2. The van der Waals surface area contributed by atoms with Gasteiger partial charge in [-0.2, -0.15) is 5.10 Å². The predicted molar refractivity (Wildman–Crippen MR) is 76.2 cm³/mol. The van der Waals surface area contributed by atoms with Gasteiger partial charge in [-0.1, -0.05) is 0 Å². The Balaban J connectivity index is 1.52. The highest BCUT2D eigenvalue weighted by Crippen LogP contribution is 2.44. The first-order chi connectivity index (χ1) is 9.24. The van der Waals surface area contributed by atoms with Gasteiger partial charge in [0.15, 0.2) is 0 Å². The van der Waals surface area contributed by atoms with Crippen molar-refractivity contribution >= 4 is 21.6 Å². The van der Waals surface area contributed by atoms with Crippen molar-refractivity contribution in [2.75, 3.05) is 18.4 Å². The standard InChI is InChI=1S/C13H17BrN4O/c14-11-10(17-12-8-3-15-4-9(8)12)5-16-18(13(11)19)6-7-1-2-7/h5,7-9,12,15,17H,1-4,6H2. The Labute approximate surface area is 119 Å². The summed E-state index contributed by atoms with van der Waals surface area (Å²) in [6, 6.07) is 0.512. The summed E-state index contributed by atoms with van der Waals surface area (Å²) < 4.78 is 2.21. The van der Waals surface area contributed by atoms with E-state index in [2.05, 4.69) is 31.7 Å². The van der Waals surface area contributed by atoms with Gasteiger partial charge in [-0.15, -0.1) is 0 Å². The number of rotatable bonds is 4. The molecule has 1 aromatic heterocycles. The first kappa shape index (κ1) is 11.9. The van der Waals surface area contributed by atoms with Crippen LogP contribution in [0.15, 0.2) is 15.5 Å². The fourth-order valence-electron chi connectivity index (χ4n) is 3.05. The van der Waals surface area contributed by atoms with Gasteiger partial charge in [-0.3, -0.25) is 4.79 Å². The van der Waals surface area contributed by atoms with E-state index in [1.165, 1.54) is 12.8 Å². The van der Waals surface area contributed by atoms with Gasteiger partial charge in [-0.25, -0.2) is 4.68 Å². The summed E-state index contributed by atoms with van der Waals surface area (Å²) in [7, 11) is 0. The first-order valence-corrected chi connectivity index (χ1v) is 7.76. The molecule has 0 aromatic carbocycles. The third kappa shape index (κ3) is 2.10. The van der Waals surface area contributed by atoms with Crippen molar-refractivity contribution in [3.63, 3.8) is 0 Å². The Morgan fingerprint density at radius 3 is 2.84 bits per heavy atom. The lowest BCUT2D eigenvalue weighted by atomic mass is 10.3. The number of anilines is 1. The Hall–Kier alpha value is -0.880. The van der Waals surface area contributed by atoms with E-state index >= 15 is 0 Å². The number of halogens is 1. The molecule has 1 aliphatic heterocycles. The SMILES string of the molecule is O=c1c(Br)c(NC2C3CNCC32)cnn1CC1CC1. The molecule has 1 saturated heterocycles. The predicted octanol–water partition coefficient (Wildman–Crippen LogP) is 1.05. The van der Waals surface area contributed by atoms with Crippen LogP contribution in [0, 0.1) is 17.8 Å². The maximum Gasteiger partial charge on any atom is 0.283 e. The highest BCUT2D eigenvalue weighted by atomic mass is 79.9. The van der Waals surface area contributed by atoms with Gasteiger partial charge >= 0.3 is 0 Å². The van der Waals surface area contributed by atoms with Gasteiger partial charge < -0.3 is 10.6 Å². The van der Waals surface area contributed by atoms with Crippen molar-refractivity contribution in [1.82, 2.24) is 15.1 Å². The average Bonchev–Trinajstić information content (AvgIpc) is 3.29. The van der Waals surface area contributed by atoms with Crippen LogP contribution in [0.1, 0.15) is 12.8 Å². The minimum Gasteiger partial charge on any atom is -0.379 e. The van der Waals surface area contributed by atoms with E-state index in [1.807, 2.05) is 0 Å². The van der Waals surface area contributed by atoms with E-state index in [0.29, 0.717) is 16.4 Å². The monoisotopic (exact) mass is 324 g/mol. The van der Waals surface area contributed by atoms with E-state index < -0.39 is 0 Å². The van der Waals surface area contributed by atoms with E-state index in [4.69, 9.17) is 0 Å². The molecular formula is C13H17BrN4O. The zero-order valence-corrected chi connectivity index (χ0v) is 12.2. The van der Waals surface area contributed by atoms with Crippen molar-refractivity contribution in [3.8, 4) is 0 Å². The smallest absolute Gasteiger partial charge is 0.283 e. The second-order valence-corrected chi connectivity index (χ2v) is 6.75. The number of hydrogen-bond acceptors (Lipinski definition) is 4. The highest BCUT2D eigenvalue weighted by molar-refractivity contribution is 9.10. The number of nitrogens with zero attached hydrogens (tertiary/aromatic N) is 2. The van der Waals surface area contributed by atoms with Crippen LogP contribution >= 0.6 is 15.9 Å². The van der Waals surface area contributed by atoms with Crippen molar-refractivity contribution in [2.24, 2.45) is 17.8 Å². The molecule has 2 atom stereocenters. The molecule has 6 heteroatoms. The topological polar surface area (TPSA) is 59.0 Å². The lowest BCUT2D eigenvalue weighted by Crippen LogP contribution is -2.27.